The number of carbonyl (C=O) groups excluding carboxylic acids is 1. The molecule has 1 aliphatic rings. The Hall–Kier alpha value is -2.43. The summed E-state index contributed by atoms with van der Waals surface area (Å²) in [7, 11) is 0. The zero-order valence-corrected chi connectivity index (χ0v) is 19.2. The van der Waals surface area contributed by atoms with Crippen LogP contribution in [0, 0.1) is 5.92 Å². The molecule has 0 saturated carbocycles. The quantitative estimate of drug-likeness (QED) is 0.555. The molecule has 7 nitrogen and oxygen atoms in total. The van der Waals surface area contributed by atoms with Crippen molar-refractivity contribution in [3.63, 3.8) is 0 Å². The highest BCUT2D eigenvalue weighted by atomic mass is 35.5. The zero-order valence-electron chi connectivity index (χ0n) is 17.5. The summed E-state index contributed by atoms with van der Waals surface area (Å²) in [4.78, 5) is 23.0. The molecular weight excluding hydrogens is 486 g/mol. The first-order valence-corrected chi connectivity index (χ1v) is 9.76. The molecule has 0 amide bonds. The van der Waals surface area contributed by atoms with E-state index in [4.69, 9.17) is 15.6 Å². The van der Waals surface area contributed by atoms with E-state index in [1.54, 1.807) is 6.07 Å². The van der Waals surface area contributed by atoms with E-state index >= 15 is 0 Å². The summed E-state index contributed by atoms with van der Waals surface area (Å²) >= 11 is 0. The number of aliphatic carboxylic acids is 1. The van der Waals surface area contributed by atoms with Crippen LogP contribution in [0.25, 0.3) is 11.3 Å². The molecule has 3 rings (SSSR count). The van der Waals surface area contributed by atoms with E-state index in [0.29, 0.717) is 24.1 Å². The Morgan fingerprint density at radius 2 is 1.94 bits per heavy atom. The van der Waals surface area contributed by atoms with Crippen molar-refractivity contribution >= 4 is 36.8 Å². The molecule has 3 N–H and O–H groups in total. The second kappa shape index (κ2) is 11.6. The van der Waals surface area contributed by atoms with E-state index in [2.05, 4.69) is 10.2 Å². The summed E-state index contributed by atoms with van der Waals surface area (Å²) < 4.78 is 44.7. The van der Waals surface area contributed by atoms with Gasteiger partial charge >= 0.3 is 18.1 Å². The molecule has 12 heteroatoms. The number of hydrogen-bond acceptors (Lipinski definition) is 6. The van der Waals surface area contributed by atoms with Crippen molar-refractivity contribution in [1.82, 2.24) is 10.2 Å². The molecule has 0 fully saturated rings. The fraction of sp³-hybridized carbons (Fsp3) is 0.429. The number of aromatic nitrogens is 2. The number of benzene rings is 1. The highest BCUT2D eigenvalue weighted by molar-refractivity contribution is 5.85. The molecule has 0 bridgehead atoms. The smallest absolute Gasteiger partial charge is 0.416 e. The molecule has 33 heavy (non-hydrogen) atoms. The number of ether oxygens (including phenoxy) is 1. The van der Waals surface area contributed by atoms with Crippen LogP contribution in [0.1, 0.15) is 49.1 Å². The minimum absolute atomic E-state index is 0. The van der Waals surface area contributed by atoms with E-state index in [9.17, 15) is 22.8 Å². The predicted molar refractivity (Wildman–Crippen MR) is 118 cm³/mol. The van der Waals surface area contributed by atoms with Crippen LogP contribution in [0.4, 0.5) is 13.2 Å². The van der Waals surface area contributed by atoms with Gasteiger partial charge in [-0.15, -0.1) is 24.8 Å². The molecule has 3 atom stereocenters. The van der Waals surface area contributed by atoms with E-state index in [1.165, 1.54) is 12.1 Å². The summed E-state index contributed by atoms with van der Waals surface area (Å²) in [5.41, 5.74) is 6.33. The summed E-state index contributed by atoms with van der Waals surface area (Å²) in [5.74, 6) is -1.65. The van der Waals surface area contributed by atoms with Crippen molar-refractivity contribution in [3.05, 3.63) is 47.2 Å². The maximum atomic E-state index is 13.0. The van der Waals surface area contributed by atoms with Crippen molar-refractivity contribution in [2.75, 3.05) is 0 Å². The number of carbonyl (C=O) groups is 2. The SMILES string of the molecule is CC1Cc2nnc(-c3cccc(C(F)(F)F)c3)cc2C(OC(=O)CC[C@H](N)C(=O)O)C1.Cl.Cl. The van der Waals surface area contributed by atoms with Crippen LogP contribution in [-0.2, 0) is 26.9 Å². The third kappa shape index (κ3) is 7.28. The van der Waals surface area contributed by atoms with Crippen molar-refractivity contribution in [2.24, 2.45) is 11.7 Å². The topological polar surface area (TPSA) is 115 Å². The van der Waals surface area contributed by atoms with Crippen molar-refractivity contribution in [1.29, 1.82) is 0 Å². The summed E-state index contributed by atoms with van der Waals surface area (Å²) in [6, 6.07) is 5.21. The maximum absolute atomic E-state index is 13.0. The molecule has 0 radical (unpaired) electrons. The maximum Gasteiger partial charge on any atom is 0.416 e. The zero-order chi connectivity index (χ0) is 22.8. The minimum atomic E-state index is -4.48. The van der Waals surface area contributed by atoms with E-state index in [1.807, 2.05) is 6.92 Å². The predicted octanol–water partition coefficient (Wildman–Crippen LogP) is 4.36. The number of fused-ring (bicyclic) bond motifs is 1. The van der Waals surface area contributed by atoms with Gasteiger partial charge in [-0.2, -0.15) is 23.4 Å². The molecular formula is C21H24Cl2F3N3O4. The second-order valence-corrected chi connectivity index (χ2v) is 7.72. The molecule has 182 valence electrons. The Morgan fingerprint density at radius 3 is 2.58 bits per heavy atom. The molecule has 1 aromatic heterocycles. The first-order valence-electron chi connectivity index (χ1n) is 9.76. The molecule has 0 saturated heterocycles. The van der Waals surface area contributed by atoms with Gasteiger partial charge in [0.25, 0.3) is 0 Å². The van der Waals surface area contributed by atoms with Gasteiger partial charge in [0.1, 0.15) is 12.1 Å². The van der Waals surface area contributed by atoms with Gasteiger partial charge in [-0.1, -0.05) is 19.1 Å². The molecule has 0 spiro atoms. The van der Waals surface area contributed by atoms with Gasteiger partial charge in [0.05, 0.1) is 17.0 Å². The number of carboxylic acid groups (broad SMARTS) is 1. The average Bonchev–Trinajstić information content (AvgIpc) is 2.71. The average molecular weight is 510 g/mol. The number of esters is 1. The van der Waals surface area contributed by atoms with Gasteiger partial charge < -0.3 is 15.6 Å². The summed E-state index contributed by atoms with van der Waals surface area (Å²) in [6.45, 7) is 1.96. The van der Waals surface area contributed by atoms with Crippen molar-refractivity contribution in [2.45, 2.75) is 50.9 Å². The number of carboxylic acids is 1. The van der Waals surface area contributed by atoms with Crippen LogP contribution in [0.5, 0.6) is 0 Å². The molecule has 2 aromatic rings. The summed E-state index contributed by atoms with van der Waals surface area (Å²) in [5, 5.41) is 17.1. The third-order valence-corrected chi connectivity index (χ3v) is 5.15. The van der Waals surface area contributed by atoms with Gasteiger partial charge in [0.15, 0.2) is 0 Å². The molecule has 1 heterocycles. The third-order valence-electron chi connectivity index (χ3n) is 5.15. The van der Waals surface area contributed by atoms with Crippen LogP contribution in [0.2, 0.25) is 0 Å². The van der Waals surface area contributed by atoms with E-state index in [-0.39, 0.29) is 54.8 Å². The molecule has 1 aromatic carbocycles. The first kappa shape index (κ1) is 28.6. The summed E-state index contributed by atoms with van der Waals surface area (Å²) in [6.07, 6.45) is -4.24. The Labute approximate surface area is 200 Å². The highest BCUT2D eigenvalue weighted by Gasteiger charge is 2.32. The normalized spacial score (nSPS) is 18.2. The number of nitrogens with two attached hydrogens (primary N) is 1. The number of hydrogen-bond donors (Lipinski definition) is 2. The van der Waals surface area contributed by atoms with Crippen LogP contribution < -0.4 is 5.73 Å². The molecule has 0 aliphatic heterocycles. The molecule has 2 unspecified atom stereocenters. The lowest BCUT2D eigenvalue weighted by atomic mass is 9.85. The lowest BCUT2D eigenvalue weighted by Gasteiger charge is -2.28. The van der Waals surface area contributed by atoms with Crippen LogP contribution in [0.15, 0.2) is 30.3 Å². The Bertz CT molecular complexity index is 991. The van der Waals surface area contributed by atoms with Crippen molar-refractivity contribution < 1.29 is 32.6 Å². The van der Waals surface area contributed by atoms with Gasteiger partial charge in [0, 0.05) is 17.5 Å². The monoisotopic (exact) mass is 509 g/mol. The minimum Gasteiger partial charge on any atom is -0.480 e. The van der Waals surface area contributed by atoms with Gasteiger partial charge in [-0.25, -0.2) is 0 Å². The highest BCUT2D eigenvalue weighted by Crippen LogP contribution is 2.37. The van der Waals surface area contributed by atoms with Gasteiger partial charge in [0.2, 0.25) is 0 Å². The Morgan fingerprint density at radius 1 is 1.24 bits per heavy atom. The number of alkyl halides is 3. The van der Waals surface area contributed by atoms with Gasteiger partial charge in [-0.05, 0) is 43.4 Å². The lowest BCUT2D eigenvalue weighted by molar-refractivity contribution is -0.151. The van der Waals surface area contributed by atoms with E-state index in [0.717, 1.165) is 12.1 Å². The van der Waals surface area contributed by atoms with Crippen LogP contribution >= 0.6 is 24.8 Å². The van der Waals surface area contributed by atoms with E-state index < -0.39 is 35.8 Å². The largest absolute Gasteiger partial charge is 0.480 e. The lowest BCUT2D eigenvalue weighted by Crippen LogP contribution is -2.31. The number of nitrogens with zero attached hydrogens (tertiary/aromatic N) is 2. The van der Waals surface area contributed by atoms with Crippen molar-refractivity contribution in [3.8, 4) is 11.3 Å². The first-order chi connectivity index (χ1) is 14.5. The van der Waals surface area contributed by atoms with Crippen LogP contribution in [-0.4, -0.2) is 33.3 Å². The number of rotatable bonds is 6. The van der Waals surface area contributed by atoms with Gasteiger partial charge in [-0.3, -0.25) is 9.59 Å². The number of halogens is 5. The molecule has 1 aliphatic carbocycles. The Kier molecular flexibility index (Phi) is 10.1. The second-order valence-electron chi connectivity index (χ2n) is 7.72. The standard InChI is InChI=1S/C21H22F3N3O4.2ClH/c1-11-7-17-14(18(8-11)31-19(28)6-5-15(25)20(29)30)10-16(26-27-17)12-3-2-4-13(9-12)21(22,23)24;;/h2-4,9-11,15,18H,5-8,25H2,1H3,(H,29,30);2*1H/t11?,15-,18?;;/m0../s1. The fourth-order valence-electron chi connectivity index (χ4n) is 3.50. The fourth-order valence-corrected chi connectivity index (χ4v) is 3.50. The Balaban J connectivity index is 0.00000272. The van der Waals surface area contributed by atoms with Crippen LogP contribution in [0.3, 0.4) is 0 Å².